The van der Waals surface area contributed by atoms with Crippen LogP contribution in [0.4, 0.5) is 0 Å². The first-order valence-electron chi connectivity index (χ1n) is 7.89. The Balaban J connectivity index is 2.02. The maximum atomic E-state index is 6.00. The van der Waals surface area contributed by atoms with Crippen molar-refractivity contribution in [3.05, 3.63) is 34.9 Å². The SMILES string of the molecule is CC(C)C(NC1CCC(C)(C)CC1)c1ccc(Cl)cc1. The molecule has 0 spiro atoms. The van der Waals surface area contributed by atoms with Crippen molar-refractivity contribution in [3.63, 3.8) is 0 Å². The fraction of sp³-hybridized carbons (Fsp3) is 0.667. The smallest absolute Gasteiger partial charge is 0.0406 e. The van der Waals surface area contributed by atoms with E-state index in [1.807, 2.05) is 12.1 Å². The van der Waals surface area contributed by atoms with Crippen LogP contribution < -0.4 is 5.32 Å². The molecule has 0 aromatic heterocycles. The maximum Gasteiger partial charge on any atom is 0.0406 e. The molecule has 1 aliphatic rings. The molecule has 1 atom stereocenters. The lowest BCUT2D eigenvalue weighted by molar-refractivity contribution is 0.190. The van der Waals surface area contributed by atoms with Gasteiger partial charge in [-0.2, -0.15) is 0 Å². The van der Waals surface area contributed by atoms with Crippen LogP contribution in [-0.4, -0.2) is 6.04 Å². The summed E-state index contributed by atoms with van der Waals surface area (Å²) < 4.78 is 0. The van der Waals surface area contributed by atoms with Crippen LogP contribution in [0.15, 0.2) is 24.3 Å². The molecule has 0 saturated heterocycles. The second kappa shape index (κ2) is 6.49. The van der Waals surface area contributed by atoms with E-state index in [1.54, 1.807) is 0 Å². The fourth-order valence-corrected chi connectivity index (χ4v) is 3.29. The Morgan fingerprint density at radius 1 is 1.10 bits per heavy atom. The summed E-state index contributed by atoms with van der Waals surface area (Å²) in [6.45, 7) is 9.36. The highest BCUT2D eigenvalue weighted by Crippen LogP contribution is 2.36. The zero-order chi connectivity index (χ0) is 14.8. The molecular weight excluding hydrogens is 266 g/mol. The predicted molar refractivity (Wildman–Crippen MR) is 88.2 cm³/mol. The van der Waals surface area contributed by atoms with Crippen molar-refractivity contribution < 1.29 is 0 Å². The Bertz CT molecular complexity index is 412. The zero-order valence-corrected chi connectivity index (χ0v) is 14.0. The van der Waals surface area contributed by atoms with Gasteiger partial charge in [-0.25, -0.2) is 0 Å². The second-order valence-corrected chi connectivity index (χ2v) is 7.81. The highest BCUT2D eigenvalue weighted by atomic mass is 35.5. The average molecular weight is 294 g/mol. The topological polar surface area (TPSA) is 12.0 Å². The van der Waals surface area contributed by atoms with Gasteiger partial charge in [-0.1, -0.05) is 51.4 Å². The first kappa shape index (κ1) is 15.9. The van der Waals surface area contributed by atoms with Gasteiger partial charge in [0.2, 0.25) is 0 Å². The first-order valence-corrected chi connectivity index (χ1v) is 8.27. The minimum atomic E-state index is 0.429. The lowest BCUT2D eigenvalue weighted by Crippen LogP contribution is -2.39. The number of rotatable bonds is 4. The van der Waals surface area contributed by atoms with E-state index in [1.165, 1.54) is 31.2 Å². The van der Waals surface area contributed by atoms with Crippen molar-refractivity contribution in [1.29, 1.82) is 0 Å². The van der Waals surface area contributed by atoms with Gasteiger partial charge in [0.05, 0.1) is 0 Å². The lowest BCUT2D eigenvalue weighted by atomic mass is 9.75. The van der Waals surface area contributed by atoms with Crippen molar-refractivity contribution in [2.24, 2.45) is 11.3 Å². The normalized spacial score (nSPS) is 21.1. The van der Waals surface area contributed by atoms with Crippen molar-refractivity contribution >= 4 is 11.6 Å². The van der Waals surface area contributed by atoms with Gasteiger partial charge in [0, 0.05) is 17.1 Å². The maximum absolute atomic E-state index is 6.00. The van der Waals surface area contributed by atoms with Crippen molar-refractivity contribution in [2.45, 2.75) is 65.5 Å². The van der Waals surface area contributed by atoms with Crippen LogP contribution in [0.3, 0.4) is 0 Å². The summed E-state index contributed by atoms with van der Waals surface area (Å²) in [5.74, 6) is 0.589. The van der Waals surface area contributed by atoms with E-state index in [0.717, 1.165) is 5.02 Å². The molecule has 0 amide bonds. The van der Waals surface area contributed by atoms with Gasteiger partial charge in [-0.15, -0.1) is 0 Å². The minimum absolute atomic E-state index is 0.429. The van der Waals surface area contributed by atoms with E-state index in [2.05, 4.69) is 45.1 Å². The minimum Gasteiger partial charge on any atom is -0.307 e. The van der Waals surface area contributed by atoms with E-state index < -0.39 is 0 Å². The summed E-state index contributed by atoms with van der Waals surface area (Å²) in [5, 5.41) is 4.70. The molecule has 2 heteroatoms. The summed E-state index contributed by atoms with van der Waals surface area (Å²) in [4.78, 5) is 0. The Kier molecular flexibility index (Phi) is 5.14. The molecule has 0 aliphatic heterocycles. The van der Waals surface area contributed by atoms with Crippen LogP contribution >= 0.6 is 11.6 Å². The van der Waals surface area contributed by atoms with Crippen LogP contribution in [-0.2, 0) is 0 Å². The molecule has 0 radical (unpaired) electrons. The van der Waals surface area contributed by atoms with Gasteiger partial charge in [-0.3, -0.25) is 0 Å². The third-order valence-corrected chi connectivity index (χ3v) is 4.90. The Morgan fingerprint density at radius 3 is 2.15 bits per heavy atom. The van der Waals surface area contributed by atoms with E-state index in [4.69, 9.17) is 11.6 Å². The molecule has 1 N–H and O–H groups in total. The Labute approximate surface area is 129 Å². The third kappa shape index (κ3) is 4.23. The average Bonchev–Trinajstić information content (AvgIpc) is 2.38. The van der Waals surface area contributed by atoms with Crippen LogP contribution in [0.25, 0.3) is 0 Å². The summed E-state index contributed by atoms with van der Waals surface area (Å²) in [6, 6.07) is 9.40. The van der Waals surface area contributed by atoms with Gasteiger partial charge < -0.3 is 5.32 Å². The van der Waals surface area contributed by atoms with Crippen molar-refractivity contribution in [1.82, 2.24) is 5.32 Å². The standard InChI is InChI=1S/C18H28ClN/c1-13(2)17(14-5-7-15(19)8-6-14)20-16-9-11-18(3,4)12-10-16/h5-8,13,16-17,20H,9-12H2,1-4H3. The molecular formula is C18H28ClN. The molecule has 1 saturated carbocycles. The number of nitrogens with one attached hydrogen (secondary N) is 1. The van der Waals surface area contributed by atoms with Gasteiger partial charge in [0.15, 0.2) is 0 Å². The number of benzene rings is 1. The first-order chi connectivity index (χ1) is 9.37. The zero-order valence-electron chi connectivity index (χ0n) is 13.2. The molecule has 1 aromatic carbocycles. The lowest BCUT2D eigenvalue weighted by Gasteiger charge is -2.37. The highest BCUT2D eigenvalue weighted by Gasteiger charge is 2.28. The van der Waals surface area contributed by atoms with Gasteiger partial charge >= 0.3 is 0 Å². The number of hydrogen-bond donors (Lipinski definition) is 1. The number of hydrogen-bond acceptors (Lipinski definition) is 1. The molecule has 1 nitrogen and oxygen atoms in total. The van der Waals surface area contributed by atoms with E-state index >= 15 is 0 Å². The largest absolute Gasteiger partial charge is 0.307 e. The molecule has 20 heavy (non-hydrogen) atoms. The monoisotopic (exact) mass is 293 g/mol. The fourth-order valence-electron chi connectivity index (χ4n) is 3.16. The van der Waals surface area contributed by atoms with Crippen LogP contribution in [0.1, 0.15) is 65.0 Å². The summed E-state index contributed by atoms with van der Waals surface area (Å²) in [5.41, 5.74) is 1.89. The summed E-state index contributed by atoms with van der Waals surface area (Å²) >= 11 is 6.00. The summed E-state index contributed by atoms with van der Waals surface area (Å²) in [7, 11) is 0. The van der Waals surface area contributed by atoms with E-state index in [-0.39, 0.29) is 0 Å². The molecule has 1 unspecified atom stereocenters. The molecule has 112 valence electrons. The predicted octanol–water partition coefficient (Wildman–Crippen LogP) is 5.60. The van der Waals surface area contributed by atoms with Gasteiger partial charge in [0.25, 0.3) is 0 Å². The Morgan fingerprint density at radius 2 is 1.65 bits per heavy atom. The second-order valence-electron chi connectivity index (χ2n) is 7.38. The van der Waals surface area contributed by atoms with Crippen LogP contribution in [0.5, 0.6) is 0 Å². The van der Waals surface area contributed by atoms with E-state index in [9.17, 15) is 0 Å². The number of halogens is 1. The van der Waals surface area contributed by atoms with Gasteiger partial charge in [0.1, 0.15) is 0 Å². The molecule has 1 aromatic rings. The highest BCUT2D eigenvalue weighted by molar-refractivity contribution is 6.30. The molecule has 1 aliphatic carbocycles. The van der Waals surface area contributed by atoms with Crippen LogP contribution in [0.2, 0.25) is 5.02 Å². The van der Waals surface area contributed by atoms with Gasteiger partial charge in [-0.05, 0) is 54.7 Å². The van der Waals surface area contributed by atoms with E-state index in [0.29, 0.717) is 23.4 Å². The van der Waals surface area contributed by atoms with Crippen molar-refractivity contribution in [2.75, 3.05) is 0 Å². The van der Waals surface area contributed by atoms with Crippen LogP contribution in [0, 0.1) is 11.3 Å². The quantitative estimate of drug-likeness (QED) is 0.762. The Hall–Kier alpha value is -0.530. The third-order valence-electron chi connectivity index (χ3n) is 4.65. The van der Waals surface area contributed by atoms with Crippen molar-refractivity contribution in [3.8, 4) is 0 Å². The summed E-state index contributed by atoms with van der Waals surface area (Å²) in [6.07, 6.45) is 5.25. The molecule has 0 heterocycles. The molecule has 0 bridgehead atoms. The molecule has 1 fully saturated rings. The molecule has 2 rings (SSSR count).